The third-order valence-corrected chi connectivity index (χ3v) is 4.11. The molecule has 10 nitrogen and oxygen atoms in total. The molecule has 2 heterocycles. The van der Waals surface area contributed by atoms with E-state index >= 15 is 0 Å². The average molecular weight is 384 g/mol. The summed E-state index contributed by atoms with van der Waals surface area (Å²) in [5.74, 6) is -0.378. The van der Waals surface area contributed by atoms with Crippen molar-refractivity contribution in [3.63, 3.8) is 0 Å². The van der Waals surface area contributed by atoms with Gasteiger partial charge in [0.25, 0.3) is 5.56 Å². The molecule has 0 saturated carbocycles. The predicted molar refractivity (Wildman–Crippen MR) is 102 cm³/mol. The zero-order valence-electron chi connectivity index (χ0n) is 15.7. The van der Waals surface area contributed by atoms with E-state index in [2.05, 4.69) is 20.7 Å². The summed E-state index contributed by atoms with van der Waals surface area (Å²) >= 11 is 0. The number of hydrogen-bond acceptors (Lipinski definition) is 6. The molecule has 3 aromatic rings. The molecule has 0 bridgehead atoms. The van der Waals surface area contributed by atoms with Gasteiger partial charge >= 0.3 is 0 Å². The lowest BCUT2D eigenvalue weighted by Crippen LogP contribution is -2.37. The van der Waals surface area contributed by atoms with E-state index in [0.29, 0.717) is 22.5 Å². The molecule has 146 valence electrons. The molecular weight excluding hydrogens is 364 g/mol. The second-order valence-electron chi connectivity index (χ2n) is 6.21. The van der Waals surface area contributed by atoms with Crippen LogP contribution in [0.5, 0.6) is 5.75 Å². The maximum absolute atomic E-state index is 12.4. The molecule has 0 aliphatic heterocycles. The van der Waals surface area contributed by atoms with Crippen LogP contribution in [0.1, 0.15) is 5.56 Å². The number of carbonyl (C=O) groups excluding carboxylic acids is 2. The zero-order chi connectivity index (χ0) is 20.3. The minimum atomic E-state index is -0.488. The number of nitrogens with one attached hydrogen (secondary N) is 2. The van der Waals surface area contributed by atoms with Gasteiger partial charge in [0.05, 0.1) is 25.5 Å². The van der Waals surface area contributed by atoms with Crippen LogP contribution >= 0.6 is 0 Å². The molecule has 0 aliphatic carbocycles. The normalized spacial score (nSPS) is 10.7. The Morgan fingerprint density at radius 2 is 2.04 bits per heavy atom. The molecule has 0 spiro atoms. The molecule has 0 atom stereocenters. The van der Waals surface area contributed by atoms with Crippen molar-refractivity contribution in [2.75, 3.05) is 19.0 Å². The van der Waals surface area contributed by atoms with Crippen molar-refractivity contribution in [2.45, 2.75) is 13.5 Å². The summed E-state index contributed by atoms with van der Waals surface area (Å²) in [6.45, 7) is 1.40. The molecule has 0 saturated heterocycles. The van der Waals surface area contributed by atoms with Gasteiger partial charge in [-0.15, -0.1) is 0 Å². The SMILES string of the molecule is COc1ccc(C)cc1NC(=O)CNC(=O)Cn1cnc2c(cnn2C)c1=O. The quantitative estimate of drug-likeness (QED) is 0.627. The number of aromatic nitrogens is 4. The van der Waals surface area contributed by atoms with E-state index < -0.39 is 11.8 Å². The second kappa shape index (κ2) is 7.91. The highest BCUT2D eigenvalue weighted by Gasteiger charge is 2.13. The molecule has 0 unspecified atom stereocenters. The highest BCUT2D eigenvalue weighted by atomic mass is 16.5. The number of hydrogen-bond donors (Lipinski definition) is 2. The highest BCUT2D eigenvalue weighted by molar-refractivity contribution is 5.95. The largest absolute Gasteiger partial charge is 0.495 e. The van der Waals surface area contributed by atoms with Gasteiger partial charge in [0.2, 0.25) is 11.8 Å². The average Bonchev–Trinajstić information content (AvgIpc) is 3.04. The van der Waals surface area contributed by atoms with Gasteiger partial charge in [-0.1, -0.05) is 6.07 Å². The van der Waals surface area contributed by atoms with E-state index in [0.717, 1.165) is 5.56 Å². The fraction of sp³-hybridized carbons (Fsp3) is 0.278. The first-order valence-electron chi connectivity index (χ1n) is 8.47. The minimum Gasteiger partial charge on any atom is -0.495 e. The smallest absolute Gasteiger partial charge is 0.264 e. The van der Waals surface area contributed by atoms with Gasteiger partial charge < -0.3 is 15.4 Å². The Labute approximate surface area is 160 Å². The number of nitrogens with zero attached hydrogens (tertiary/aromatic N) is 4. The summed E-state index contributed by atoms with van der Waals surface area (Å²) in [5.41, 5.74) is 1.54. The Kier molecular flexibility index (Phi) is 5.39. The topological polar surface area (TPSA) is 120 Å². The fourth-order valence-corrected chi connectivity index (χ4v) is 2.68. The summed E-state index contributed by atoms with van der Waals surface area (Å²) in [6, 6.07) is 5.38. The van der Waals surface area contributed by atoms with Gasteiger partial charge in [-0.3, -0.25) is 23.6 Å². The summed E-state index contributed by atoms with van der Waals surface area (Å²) in [5, 5.41) is 9.47. The van der Waals surface area contributed by atoms with E-state index in [4.69, 9.17) is 4.74 Å². The van der Waals surface area contributed by atoms with Gasteiger partial charge in [-0.2, -0.15) is 5.10 Å². The van der Waals surface area contributed by atoms with E-state index in [1.165, 1.54) is 28.9 Å². The molecule has 3 rings (SSSR count). The second-order valence-corrected chi connectivity index (χ2v) is 6.21. The van der Waals surface area contributed by atoms with Crippen molar-refractivity contribution in [3.8, 4) is 5.75 Å². The van der Waals surface area contributed by atoms with Crippen molar-refractivity contribution in [1.29, 1.82) is 0 Å². The molecular formula is C18H20N6O4. The van der Waals surface area contributed by atoms with Crippen LogP contribution in [0.2, 0.25) is 0 Å². The Hall–Kier alpha value is -3.69. The third kappa shape index (κ3) is 4.00. The summed E-state index contributed by atoms with van der Waals surface area (Å²) in [6.07, 6.45) is 2.69. The van der Waals surface area contributed by atoms with Crippen molar-refractivity contribution < 1.29 is 14.3 Å². The van der Waals surface area contributed by atoms with Gasteiger partial charge in [0.15, 0.2) is 5.65 Å². The number of methoxy groups -OCH3 is 1. The zero-order valence-corrected chi connectivity index (χ0v) is 15.7. The first-order valence-corrected chi connectivity index (χ1v) is 8.47. The lowest BCUT2D eigenvalue weighted by atomic mass is 10.2. The van der Waals surface area contributed by atoms with Crippen LogP contribution in [-0.4, -0.2) is 44.8 Å². The Morgan fingerprint density at radius 3 is 2.79 bits per heavy atom. The maximum atomic E-state index is 12.4. The summed E-state index contributed by atoms with van der Waals surface area (Å²) in [4.78, 5) is 40.7. The van der Waals surface area contributed by atoms with Gasteiger partial charge in [-0.05, 0) is 24.6 Å². The minimum absolute atomic E-state index is 0.243. The van der Waals surface area contributed by atoms with E-state index in [-0.39, 0.29) is 18.6 Å². The summed E-state index contributed by atoms with van der Waals surface area (Å²) < 4.78 is 7.85. The molecule has 10 heteroatoms. The van der Waals surface area contributed by atoms with Gasteiger partial charge in [0.1, 0.15) is 24.0 Å². The van der Waals surface area contributed by atoms with E-state index in [1.54, 1.807) is 19.2 Å². The van der Waals surface area contributed by atoms with Crippen molar-refractivity contribution in [2.24, 2.45) is 7.05 Å². The molecule has 2 aromatic heterocycles. The van der Waals surface area contributed by atoms with Crippen LogP contribution in [-0.2, 0) is 23.2 Å². The number of ether oxygens (including phenoxy) is 1. The number of amides is 2. The lowest BCUT2D eigenvalue weighted by molar-refractivity contribution is -0.124. The number of aryl methyl sites for hydroxylation is 2. The number of carbonyl (C=O) groups is 2. The first kappa shape index (κ1) is 19.1. The Morgan fingerprint density at radius 1 is 1.25 bits per heavy atom. The molecule has 1 aromatic carbocycles. The number of benzene rings is 1. The number of anilines is 1. The van der Waals surface area contributed by atoms with Crippen LogP contribution in [0.15, 0.2) is 35.5 Å². The van der Waals surface area contributed by atoms with Gasteiger partial charge in [0, 0.05) is 7.05 Å². The van der Waals surface area contributed by atoms with E-state index in [1.807, 2.05) is 13.0 Å². The lowest BCUT2D eigenvalue weighted by Gasteiger charge is -2.12. The van der Waals surface area contributed by atoms with Crippen molar-refractivity contribution >= 4 is 28.5 Å². The third-order valence-electron chi connectivity index (χ3n) is 4.11. The molecule has 2 N–H and O–H groups in total. The van der Waals surface area contributed by atoms with Gasteiger partial charge in [-0.25, -0.2) is 4.98 Å². The fourth-order valence-electron chi connectivity index (χ4n) is 2.68. The molecule has 0 aliphatic rings. The number of fused-ring (bicyclic) bond motifs is 1. The van der Waals surface area contributed by atoms with Crippen LogP contribution < -0.4 is 20.9 Å². The number of rotatable bonds is 6. The standard InChI is InChI=1S/C18H20N6O4/c1-11-4-5-14(28-3)13(6-11)22-15(25)8-19-16(26)9-24-10-20-17-12(18(24)27)7-21-23(17)2/h4-7,10H,8-9H2,1-3H3,(H,19,26)(H,22,25). The van der Waals surface area contributed by atoms with E-state index in [9.17, 15) is 14.4 Å². The van der Waals surface area contributed by atoms with Crippen LogP contribution in [0.4, 0.5) is 5.69 Å². The van der Waals surface area contributed by atoms with Crippen LogP contribution in [0.25, 0.3) is 11.0 Å². The summed E-state index contributed by atoms with van der Waals surface area (Å²) in [7, 11) is 3.18. The van der Waals surface area contributed by atoms with Crippen LogP contribution in [0.3, 0.4) is 0 Å². The molecule has 0 radical (unpaired) electrons. The maximum Gasteiger partial charge on any atom is 0.264 e. The van der Waals surface area contributed by atoms with Crippen molar-refractivity contribution in [3.05, 3.63) is 46.6 Å². The highest BCUT2D eigenvalue weighted by Crippen LogP contribution is 2.24. The molecule has 2 amide bonds. The van der Waals surface area contributed by atoms with Crippen LogP contribution in [0, 0.1) is 6.92 Å². The molecule has 0 fully saturated rings. The van der Waals surface area contributed by atoms with Crippen molar-refractivity contribution in [1.82, 2.24) is 24.6 Å². The first-order chi connectivity index (χ1) is 13.4. The monoisotopic (exact) mass is 384 g/mol. The Bertz CT molecular complexity index is 1100. The Balaban J connectivity index is 1.60. The predicted octanol–water partition coefficient (Wildman–Crippen LogP) is 0.202. The molecule has 28 heavy (non-hydrogen) atoms.